The highest BCUT2D eigenvalue weighted by molar-refractivity contribution is 7.98. The maximum atomic E-state index is 12.5. The van der Waals surface area contributed by atoms with Gasteiger partial charge in [-0.25, -0.2) is 9.97 Å². The number of amides is 1. The Kier molecular flexibility index (Phi) is 5.92. The number of nitrogens with one attached hydrogen (secondary N) is 2. The average Bonchev–Trinajstić information content (AvgIpc) is 3.17. The van der Waals surface area contributed by atoms with E-state index in [0.717, 1.165) is 54.1 Å². The number of para-hydroxylation sites is 1. The molecule has 4 rings (SSSR count). The average molecular weight is 396 g/mol. The molecule has 7 heteroatoms. The Balaban J connectivity index is 1.30. The smallest absolute Gasteiger partial charge is 0.267 e. The molecular weight excluding hydrogens is 370 g/mol. The van der Waals surface area contributed by atoms with Crippen LogP contribution >= 0.6 is 11.8 Å². The van der Waals surface area contributed by atoms with Crippen LogP contribution in [0.5, 0.6) is 0 Å². The first-order chi connectivity index (χ1) is 13.7. The highest BCUT2D eigenvalue weighted by Crippen LogP contribution is 2.19. The SMILES string of the molecule is CSc1ncc(CN2CCCC(CNC(=O)c3cc4ccccc4[nH]3)C2)cn1. The van der Waals surface area contributed by atoms with E-state index in [1.54, 1.807) is 11.8 Å². The number of benzene rings is 1. The summed E-state index contributed by atoms with van der Waals surface area (Å²) in [6.07, 6.45) is 8.11. The zero-order chi connectivity index (χ0) is 19.3. The molecule has 0 bridgehead atoms. The molecule has 1 aromatic carbocycles. The van der Waals surface area contributed by atoms with Crippen molar-refractivity contribution in [2.24, 2.45) is 5.92 Å². The van der Waals surface area contributed by atoms with Crippen LogP contribution in [0.15, 0.2) is 47.9 Å². The number of carbonyl (C=O) groups is 1. The summed E-state index contributed by atoms with van der Waals surface area (Å²) in [6, 6.07) is 9.86. The zero-order valence-electron chi connectivity index (χ0n) is 16.0. The van der Waals surface area contributed by atoms with Gasteiger partial charge in [-0.2, -0.15) is 0 Å². The Hall–Kier alpha value is -2.38. The monoisotopic (exact) mass is 395 g/mol. The third-order valence-electron chi connectivity index (χ3n) is 5.20. The number of hydrogen-bond donors (Lipinski definition) is 2. The van der Waals surface area contributed by atoms with Crippen LogP contribution in [0.2, 0.25) is 0 Å². The predicted octanol–water partition coefficient (Wildman–Crippen LogP) is 3.32. The fraction of sp³-hybridized carbons (Fsp3) is 0.381. The second-order valence-corrected chi connectivity index (χ2v) is 8.08. The fourth-order valence-electron chi connectivity index (χ4n) is 3.78. The predicted molar refractivity (Wildman–Crippen MR) is 112 cm³/mol. The van der Waals surface area contributed by atoms with Crippen LogP contribution < -0.4 is 5.32 Å². The summed E-state index contributed by atoms with van der Waals surface area (Å²) >= 11 is 1.55. The third-order valence-corrected chi connectivity index (χ3v) is 5.78. The molecule has 3 aromatic rings. The summed E-state index contributed by atoms with van der Waals surface area (Å²) in [5, 5.41) is 4.97. The molecule has 1 amide bonds. The van der Waals surface area contributed by atoms with Gasteiger partial charge in [0.05, 0.1) is 0 Å². The van der Waals surface area contributed by atoms with Gasteiger partial charge < -0.3 is 10.3 Å². The van der Waals surface area contributed by atoms with Gasteiger partial charge in [0, 0.05) is 48.5 Å². The Morgan fingerprint density at radius 1 is 1.32 bits per heavy atom. The number of thioether (sulfide) groups is 1. The van der Waals surface area contributed by atoms with E-state index in [4.69, 9.17) is 0 Å². The molecule has 1 unspecified atom stereocenters. The van der Waals surface area contributed by atoms with Gasteiger partial charge in [-0.1, -0.05) is 30.0 Å². The van der Waals surface area contributed by atoms with Gasteiger partial charge in [0.25, 0.3) is 5.91 Å². The van der Waals surface area contributed by atoms with Gasteiger partial charge in [-0.3, -0.25) is 9.69 Å². The number of H-pyrrole nitrogens is 1. The fourth-order valence-corrected chi connectivity index (χ4v) is 4.09. The van der Waals surface area contributed by atoms with Gasteiger partial charge in [0.15, 0.2) is 5.16 Å². The first-order valence-electron chi connectivity index (χ1n) is 9.64. The summed E-state index contributed by atoms with van der Waals surface area (Å²) in [6.45, 7) is 3.63. The summed E-state index contributed by atoms with van der Waals surface area (Å²) < 4.78 is 0. The number of carbonyl (C=O) groups excluding carboxylic acids is 1. The van der Waals surface area contributed by atoms with E-state index < -0.39 is 0 Å². The van der Waals surface area contributed by atoms with Crippen molar-refractivity contribution in [3.05, 3.63) is 54.0 Å². The largest absolute Gasteiger partial charge is 0.351 e. The topological polar surface area (TPSA) is 73.9 Å². The molecule has 2 N–H and O–H groups in total. The molecule has 1 aliphatic heterocycles. The molecule has 28 heavy (non-hydrogen) atoms. The Bertz CT molecular complexity index is 906. The van der Waals surface area contributed by atoms with Crippen molar-refractivity contribution in [1.29, 1.82) is 0 Å². The minimum absolute atomic E-state index is 0.0330. The normalized spacial score (nSPS) is 17.7. The number of nitrogens with zero attached hydrogens (tertiary/aromatic N) is 3. The van der Waals surface area contributed by atoms with Crippen LogP contribution in [0.25, 0.3) is 10.9 Å². The number of fused-ring (bicyclic) bond motifs is 1. The number of likely N-dealkylation sites (tertiary alicyclic amines) is 1. The molecule has 0 aliphatic carbocycles. The Labute approximate surface area is 169 Å². The van der Waals surface area contributed by atoms with Gasteiger partial charge >= 0.3 is 0 Å². The van der Waals surface area contributed by atoms with Gasteiger partial charge in [-0.05, 0) is 43.7 Å². The van der Waals surface area contributed by atoms with Crippen LogP contribution in [0, 0.1) is 5.92 Å². The van der Waals surface area contributed by atoms with Crippen LogP contribution in [0.1, 0.15) is 28.9 Å². The Morgan fingerprint density at radius 2 is 2.14 bits per heavy atom. The van der Waals surface area contributed by atoms with Crippen LogP contribution in [-0.4, -0.2) is 51.6 Å². The minimum atomic E-state index is -0.0330. The molecular formula is C21H25N5OS. The molecule has 0 spiro atoms. The lowest BCUT2D eigenvalue weighted by atomic mass is 9.97. The molecule has 0 saturated carbocycles. The van der Waals surface area contributed by atoms with Crippen molar-refractivity contribution < 1.29 is 4.79 Å². The lowest BCUT2D eigenvalue weighted by molar-refractivity contribution is 0.0926. The van der Waals surface area contributed by atoms with Crippen LogP contribution in [0.4, 0.5) is 0 Å². The van der Waals surface area contributed by atoms with Crippen LogP contribution in [0.3, 0.4) is 0 Å². The van der Waals surface area contributed by atoms with E-state index in [0.29, 0.717) is 18.2 Å². The summed E-state index contributed by atoms with van der Waals surface area (Å²) in [5.41, 5.74) is 2.76. The zero-order valence-corrected chi connectivity index (χ0v) is 16.8. The first-order valence-corrected chi connectivity index (χ1v) is 10.9. The molecule has 1 fully saturated rings. The quantitative estimate of drug-likeness (QED) is 0.495. The molecule has 146 valence electrons. The highest BCUT2D eigenvalue weighted by atomic mass is 32.2. The van der Waals surface area contributed by atoms with E-state index in [1.807, 2.05) is 49.0 Å². The van der Waals surface area contributed by atoms with E-state index in [1.165, 1.54) is 0 Å². The van der Waals surface area contributed by atoms with E-state index >= 15 is 0 Å². The molecule has 1 atom stereocenters. The first kappa shape index (κ1) is 19.0. The molecule has 0 radical (unpaired) electrons. The van der Waals surface area contributed by atoms with Crippen LogP contribution in [-0.2, 0) is 6.54 Å². The van der Waals surface area contributed by atoms with E-state index in [9.17, 15) is 4.79 Å². The maximum Gasteiger partial charge on any atom is 0.267 e. The lowest BCUT2D eigenvalue weighted by Crippen LogP contribution is -2.40. The summed E-state index contributed by atoms with van der Waals surface area (Å²) in [4.78, 5) is 26.9. The molecule has 3 heterocycles. The van der Waals surface area contributed by atoms with E-state index in [-0.39, 0.29) is 5.91 Å². The summed E-state index contributed by atoms with van der Waals surface area (Å²) in [5.74, 6) is 0.433. The maximum absolute atomic E-state index is 12.5. The molecule has 1 aliphatic rings. The number of aromatic nitrogens is 3. The molecule has 2 aromatic heterocycles. The van der Waals surface area contributed by atoms with Gasteiger partial charge in [0.1, 0.15) is 5.69 Å². The lowest BCUT2D eigenvalue weighted by Gasteiger charge is -2.32. The van der Waals surface area contributed by atoms with Crippen molar-refractivity contribution >= 4 is 28.6 Å². The summed E-state index contributed by atoms with van der Waals surface area (Å²) in [7, 11) is 0. The number of rotatable bonds is 6. The molecule has 1 saturated heterocycles. The van der Waals surface area contributed by atoms with Crippen molar-refractivity contribution in [2.45, 2.75) is 24.5 Å². The van der Waals surface area contributed by atoms with Crippen molar-refractivity contribution in [3.8, 4) is 0 Å². The standard InChI is InChI=1S/C21H25N5OS/c1-28-21-23-11-16(12-24-21)14-26-8-4-5-15(13-26)10-22-20(27)19-9-17-6-2-3-7-18(17)25-19/h2-3,6-7,9,11-12,15,25H,4-5,8,10,13-14H2,1H3,(H,22,27). The third kappa shape index (κ3) is 4.54. The number of piperidine rings is 1. The van der Waals surface area contributed by atoms with Crippen molar-refractivity contribution in [2.75, 3.05) is 25.9 Å². The molecule has 6 nitrogen and oxygen atoms in total. The van der Waals surface area contributed by atoms with Gasteiger partial charge in [0.2, 0.25) is 0 Å². The van der Waals surface area contributed by atoms with Crippen molar-refractivity contribution in [3.63, 3.8) is 0 Å². The van der Waals surface area contributed by atoms with Gasteiger partial charge in [-0.15, -0.1) is 0 Å². The van der Waals surface area contributed by atoms with Crippen molar-refractivity contribution in [1.82, 2.24) is 25.2 Å². The minimum Gasteiger partial charge on any atom is -0.351 e. The van der Waals surface area contributed by atoms with E-state index in [2.05, 4.69) is 25.2 Å². The highest BCUT2D eigenvalue weighted by Gasteiger charge is 2.21. The number of hydrogen-bond acceptors (Lipinski definition) is 5. The second kappa shape index (κ2) is 8.75. The number of aromatic amines is 1. The second-order valence-electron chi connectivity index (χ2n) is 7.30. The Morgan fingerprint density at radius 3 is 2.93 bits per heavy atom.